The number of nitrogens with one attached hydrogen (secondary N) is 2. The van der Waals surface area contributed by atoms with Gasteiger partial charge >= 0.3 is 6.03 Å². The largest absolute Gasteiger partial charge is 0.387 e. The zero-order valence-electron chi connectivity index (χ0n) is 19.9. The molecule has 1 aliphatic heterocycles. The van der Waals surface area contributed by atoms with Crippen LogP contribution in [-0.4, -0.2) is 90.6 Å². The van der Waals surface area contributed by atoms with Gasteiger partial charge in [-0.3, -0.25) is 9.36 Å². The van der Waals surface area contributed by atoms with E-state index in [0.717, 1.165) is 38.5 Å². The molecule has 3 fully saturated rings. The highest BCUT2D eigenvalue weighted by molar-refractivity contribution is 5.83. The standard InChI is InChI=1S/C23H30N8O5/c1-25-23(35)30(13-5-2-3-6-13)10-4-7-14-28-19(24)15-20(29-14)31(11-26-15)22-17(33)16(32)18(36-22)21(34)27-12-8-9-12/h11-13,16-18,22,32-33H,2-3,5-6,8-10H2,1H3,(H,25,35)(H,27,34)(H2,24,28,29). The number of fused-ring (bicyclic) bond motifs is 1. The molecule has 2 saturated carbocycles. The number of rotatable bonds is 5. The Labute approximate surface area is 207 Å². The second-order valence-electron chi connectivity index (χ2n) is 9.39. The van der Waals surface area contributed by atoms with Gasteiger partial charge in [-0.05, 0) is 31.6 Å². The molecule has 0 spiro atoms. The molecule has 4 atom stereocenters. The van der Waals surface area contributed by atoms with Crippen LogP contribution in [0.15, 0.2) is 6.33 Å². The van der Waals surface area contributed by atoms with E-state index >= 15 is 0 Å². The molecule has 2 aromatic rings. The van der Waals surface area contributed by atoms with Crippen LogP contribution in [0.4, 0.5) is 10.6 Å². The molecular weight excluding hydrogens is 468 g/mol. The summed E-state index contributed by atoms with van der Waals surface area (Å²) in [5, 5.41) is 26.5. The van der Waals surface area contributed by atoms with Crippen LogP contribution in [0.1, 0.15) is 50.6 Å². The van der Waals surface area contributed by atoms with Crippen LogP contribution in [0.2, 0.25) is 0 Å². The van der Waals surface area contributed by atoms with E-state index in [1.807, 2.05) is 0 Å². The fourth-order valence-electron chi connectivity index (χ4n) is 4.73. The van der Waals surface area contributed by atoms with Crippen molar-refractivity contribution in [3.63, 3.8) is 0 Å². The van der Waals surface area contributed by atoms with E-state index in [9.17, 15) is 19.8 Å². The number of anilines is 1. The average molecular weight is 499 g/mol. The van der Waals surface area contributed by atoms with Gasteiger partial charge in [-0.2, -0.15) is 0 Å². The number of amides is 3. The number of hydrogen-bond acceptors (Lipinski definition) is 9. The first kappa shape index (κ1) is 24.2. The zero-order chi connectivity index (χ0) is 25.4. The van der Waals surface area contributed by atoms with Gasteiger partial charge in [0.2, 0.25) is 5.82 Å². The van der Waals surface area contributed by atoms with Gasteiger partial charge in [0.05, 0.1) is 12.9 Å². The Bertz CT molecular complexity index is 1210. The Kier molecular flexibility index (Phi) is 6.65. The summed E-state index contributed by atoms with van der Waals surface area (Å²) in [5.41, 5.74) is 6.60. The van der Waals surface area contributed by atoms with E-state index in [0.29, 0.717) is 0 Å². The Balaban J connectivity index is 1.37. The van der Waals surface area contributed by atoms with Crippen LogP contribution in [0.5, 0.6) is 0 Å². The number of urea groups is 1. The number of aliphatic hydroxyl groups is 2. The molecule has 192 valence electrons. The Morgan fingerprint density at radius 2 is 1.97 bits per heavy atom. The molecule has 4 unspecified atom stereocenters. The van der Waals surface area contributed by atoms with E-state index < -0.39 is 30.4 Å². The van der Waals surface area contributed by atoms with E-state index in [4.69, 9.17) is 10.5 Å². The number of aliphatic hydroxyl groups excluding tert-OH is 2. The van der Waals surface area contributed by atoms with Crippen molar-refractivity contribution in [3.05, 3.63) is 12.2 Å². The number of nitrogen functional groups attached to an aromatic ring is 1. The summed E-state index contributed by atoms with van der Waals surface area (Å²) in [4.78, 5) is 39.3. The minimum Gasteiger partial charge on any atom is -0.387 e. The van der Waals surface area contributed by atoms with Crippen molar-refractivity contribution in [1.29, 1.82) is 0 Å². The molecule has 6 N–H and O–H groups in total. The zero-order valence-corrected chi connectivity index (χ0v) is 19.9. The topological polar surface area (TPSA) is 181 Å². The van der Waals surface area contributed by atoms with Gasteiger partial charge in [0, 0.05) is 19.1 Å². The van der Waals surface area contributed by atoms with E-state index in [2.05, 4.69) is 37.4 Å². The minimum absolute atomic E-state index is 0.0815. The number of ether oxygens (including phenoxy) is 1. The molecule has 13 heteroatoms. The molecule has 13 nitrogen and oxygen atoms in total. The molecule has 0 bridgehead atoms. The molecule has 3 amide bonds. The molecule has 0 radical (unpaired) electrons. The van der Waals surface area contributed by atoms with E-state index in [-0.39, 0.29) is 47.5 Å². The van der Waals surface area contributed by atoms with Crippen molar-refractivity contribution < 1.29 is 24.5 Å². The Hall–Kier alpha value is -3.47. The lowest BCUT2D eigenvalue weighted by molar-refractivity contribution is -0.137. The van der Waals surface area contributed by atoms with Crippen LogP contribution in [0, 0.1) is 11.8 Å². The third kappa shape index (κ3) is 4.67. The number of hydrogen-bond donors (Lipinski definition) is 5. The second kappa shape index (κ2) is 9.88. The van der Waals surface area contributed by atoms with Crippen LogP contribution >= 0.6 is 0 Å². The van der Waals surface area contributed by atoms with Crippen LogP contribution < -0.4 is 16.4 Å². The first-order valence-electron chi connectivity index (χ1n) is 12.2. The monoisotopic (exact) mass is 498 g/mol. The Morgan fingerprint density at radius 3 is 2.67 bits per heavy atom. The predicted molar refractivity (Wildman–Crippen MR) is 127 cm³/mol. The van der Waals surface area contributed by atoms with Crippen molar-refractivity contribution >= 4 is 28.9 Å². The maximum atomic E-state index is 12.4. The highest BCUT2D eigenvalue weighted by Gasteiger charge is 2.48. The summed E-state index contributed by atoms with van der Waals surface area (Å²) in [6, 6.07) is 0.0447. The Morgan fingerprint density at radius 1 is 1.22 bits per heavy atom. The van der Waals surface area contributed by atoms with Gasteiger partial charge in [0.1, 0.15) is 17.7 Å². The van der Waals surface area contributed by atoms with E-state index in [1.165, 1.54) is 10.9 Å². The molecule has 3 aliphatic rings. The summed E-state index contributed by atoms with van der Waals surface area (Å²) >= 11 is 0. The normalized spacial score (nSPS) is 26.0. The van der Waals surface area contributed by atoms with Gasteiger partial charge in [-0.15, -0.1) is 0 Å². The number of aromatic nitrogens is 4. The van der Waals surface area contributed by atoms with Crippen molar-refractivity contribution in [2.24, 2.45) is 0 Å². The highest BCUT2D eigenvalue weighted by atomic mass is 16.6. The molecule has 2 aliphatic carbocycles. The number of carbonyl (C=O) groups excluding carboxylic acids is 2. The fraction of sp³-hybridized carbons (Fsp3) is 0.609. The molecule has 36 heavy (non-hydrogen) atoms. The van der Waals surface area contributed by atoms with Crippen LogP contribution in [0.25, 0.3) is 11.2 Å². The third-order valence-electron chi connectivity index (χ3n) is 6.83. The first-order valence-corrected chi connectivity index (χ1v) is 12.2. The SMILES string of the molecule is CNC(=O)N(CC#Cc1nc(N)c2ncn(C3OC(C(=O)NC4CC4)C(O)C3O)c2n1)C1CCCC1. The fourth-order valence-corrected chi connectivity index (χ4v) is 4.73. The highest BCUT2D eigenvalue weighted by Crippen LogP contribution is 2.33. The predicted octanol–water partition coefficient (Wildman–Crippen LogP) is -0.758. The lowest BCUT2D eigenvalue weighted by atomic mass is 10.1. The van der Waals surface area contributed by atoms with Gasteiger partial charge in [0.15, 0.2) is 23.8 Å². The maximum absolute atomic E-state index is 12.4. The van der Waals surface area contributed by atoms with Crippen molar-refractivity contribution in [3.8, 4) is 11.8 Å². The molecule has 0 aromatic carbocycles. The van der Waals surface area contributed by atoms with Crippen LogP contribution in [0.3, 0.4) is 0 Å². The summed E-state index contributed by atoms with van der Waals surface area (Å²) in [6.45, 7) is 0.208. The number of imidazole rings is 1. The molecular formula is C23H30N8O5. The molecule has 3 heterocycles. The lowest BCUT2D eigenvalue weighted by Gasteiger charge is -2.26. The quantitative estimate of drug-likeness (QED) is 0.331. The first-order chi connectivity index (χ1) is 17.4. The maximum Gasteiger partial charge on any atom is 0.318 e. The molecule has 1 saturated heterocycles. The third-order valence-corrected chi connectivity index (χ3v) is 6.83. The number of carbonyl (C=O) groups is 2. The van der Waals surface area contributed by atoms with Crippen molar-refractivity contribution in [1.82, 2.24) is 35.1 Å². The van der Waals surface area contributed by atoms with Gasteiger partial charge < -0.3 is 36.2 Å². The number of nitrogens with zero attached hydrogens (tertiary/aromatic N) is 5. The van der Waals surface area contributed by atoms with Crippen LogP contribution in [-0.2, 0) is 9.53 Å². The summed E-state index contributed by atoms with van der Waals surface area (Å²) in [7, 11) is 1.59. The minimum atomic E-state index is -1.42. The second-order valence-corrected chi connectivity index (χ2v) is 9.39. The lowest BCUT2D eigenvalue weighted by Crippen LogP contribution is -2.44. The smallest absolute Gasteiger partial charge is 0.318 e. The summed E-state index contributed by atoms with van der Waals surface area (Å²) in [5.74, 6) is 5.54. The van der Waals surface area contributed by atoms with Gasteiger partial charge in [0.25, 0.3) is 5.91 Å². The van der Waals surface area contributed by atoms with E-state index in [1.54, 1.807) is 11.9 Å². The van der Waals surface area contributed by atoms with Gasteiger partial charge in [-0.1, -0.05) is 18.8 Å². The van der Waals surface area contributed by atoms with Crippen molar-refractivity contribution in [2.45, 2.75) is 75.1 Å². The average Bonchev–Trinajstić information content (AvgIpc) is 3.22. The summed E-state index contributed by atoms with van der Waals surface area (Å²) < 4.78 is 7.15. The number of nitrogens with two attached hydrogens (primary N) is 1. The molecule has 2 aromatic heterocycles. The molecule has 5 rings (SSSR count). The summed E-state index contributed by atoms with van der Waals surface area (Å²) in [6.07, 6.45) is 2.03. The van der Waals surface area contributed by atoms with Crippen molar-refractivity contribution in [2.75, 3.05) is 19.3 Å². The van der Waals surface area contributed by atoms with Gasteiger partial charge in [-0.25, -0.2) is 19.7 Å².